The van der Waals surface area contributed by atoms with Gasteiger partial charge in [0.2, 0.25) is 0 Å². The third-order valence-electron chi connectivity index (χ3n) is 3.00. The molecule has 1 aromatic rings. The molecule has 1 N–H and O–H groups in total. The lowest BCUT2D eigenvalue weighted by Crippen LogP contribution is -2.27. The van der Waals surface area contributed by atoms with Crippen LogP contribution in [0.4, 0.5) is 5.69 Å². The second kappa shape index (κ2) is 6.02. The Morgan fingerprint density at radius 1 is 1.47 bits per heavy atom. The normalized spacial score (nSPS) is 17.6. The highest BCUT2D eigenvalue weighted by Gasteiger charge is 2.13. The van der Waals surface area contributed by atoms with Crippen LogP contribution in [0.2, 0.25) is 0 Å². The summed E-state index contributed by atoms with van der Waals surface area (Å²) >= 11 is 0. The van der Waals surface area contributed by atoms with E-state index in [1.807, 2.05) is 10.9 Å². The first-order valence-corrected chi connectivity index (χ1v) is 6.25. The number of likely N-dealkylation sites (N-methyl/N-ethyl adjacent to an activating group) is 1. The summed E-state index contributed by atoms with van der Waals surface area (Å²) in [5.74, 6) is 0. The standard InChI is InChI=1S/C12H22N4O/c1-15(2)5-6-16-10-12(9-13-16)14-11-3-7-17-8-4-11/h9-11,14H,3-8H2,1-2H3. The topological polar surface area (TPSA) is 42.3 Å². The fourth-order valence-electron chi connectivity index (χ4n) is 1.94. The molecule has 0 aromatic carbocycles. The summed E-state index contributed by atoms with van der Waals surface area (Å²) in [6, 6.07) is 0.537. The molecule has 0 spiro atoms. The van der Waals surface area contributed by atoms with Gasteiger partial charge in [-0.25, -0.2) is 0 Å². The largest absolute Gasteiger partial charge is 0.381 e. The molecule has 5 heteroatoms. The first-order valence-electron chi connectivity index (χ1n) is 6.25. The van der Waals surface area contributed by atoms with E-state index < -0.39 is 0 Å². The molecule has 1 aliphatic rings. The Labute approximate surface area is 103 Å². The first-order chi connectivity index (χ1) is 8.24. The zero-order valence-electron chi connectivity index (χ0n) is 10.7. The van der Waals surface area contributed by atoms with Crippen LogP contribution in [-0.2, 0) is 11.3 Å². The second-order valence-electron chi connectivity index (χ2n) is 4.83. The maximum Gasteiger partial charge on any atom is 0.0728 e. The lowest BCUT2D eigenvalue weighted by atomic mass is 10.1. The SMILES string of the molecule is CN(C)CCn1cc(NC2CCOCC2)cn1. The van der Waals surface area contributed by atoms with Crippen LogP contribution in [0.5, 0.6) is 0 Å². The van der Waals surface area contributed by atoms with E-state index in [-0.39, 0.29) is 0 Å². The second-order valence-corrected chi connectivity index (χ2v) is 4.83. The van der Waals surface area contributed by atoms with Crippen LogP contribution in [0.25, 0.3) is 0 Å². The third kappa shape index (κ3) is 4.02. The van der Waals surface area contributed by atoms with Gasteiger partial charge in [0.25, 0.3) is 0 Å². The highest BCUT2D eigenvalue weighted by Crippen LogP contribution is 2.14. The minimum atomic E-state index is 0.537. The number of anilines is 1. The highest BCUT2D eigenvalue weighted by atomic mass is 16.5. The van der Waals surface area contributed by atoms with E-state index in [1.165, 1.54) is 0 Å². The predicted octanol–water partition coefficient (Wildman–Crippen LogP) is 1.04. The van der Waals surface area contributed by atoms with Crippen molar-refractivity contribution in [3.8, 4) is 0 Å². The Bertz CT molecular complexity index is 331. The molecule has 96 valence electrons. The zero-order chi connectivity index (χ0) is 12.1. The Hall–Kier alpha value is -1.07. The van der Waals surface area contributed by atoms with Gasteiger partial charge < -0.3 is 15.0 Å². The number of rotatable bonds is 5. The van der Waals surface area contributed by atoms with Gasteiger partial charge in [0.15, 0.2) is 0 Å². The number of hydrogen-bond donors (Lipinski definition) is 1. The van der Waals surface area contributed by atoms with E-state index in [9.17, 15) is 0 Å². The van der Waals surface area contributed by atoms with Crippen molar-refractivity contribution in [2.75, 3.05) is 39.2 Å². The zero-order valence-corrected chi connectivity index (χ0v) is 10.7. The van der Waals surface area contributed by atoms with Crippen molar-refractivity contribution >= 4 is 5.69 Å². The minimum absolute atomic E-state index is 0.537. The van der Waals surface area contributed by atoms with Gasteiger partial charge in [-0.1, -0.05) is 0 Å². The maximum absolute atomic E-state index is 5.34. The number of nitrogens with one attached hydrogen (secondary N) is 1. The molecule has 0 saturated carbocycles. The molecule has 0 bridgehead atoms. The predicted molar refractivity (Wildman–Crippen MR) is 68.2 cm³/mol. The Morgan fingerprint density at radius 3 is 2.94 bits per heavy atom. The van der Waals surface area contributed by atoms with Crippen LogP contribution in [0.3, 0.4) is 0 Å². The molecule has 1 fully saturated rings. The summed E-state index contributed by atoms with van der Waals surface area (Å²) in [7, 11) is 4.15. The van der Waals surface area contributed by atoms with Crippen molar-refractivity contribution in [1.82, 2.24) is 14.7 Å². The van der Waals surface area contributed by atoms with Crippen molar-refractivity contribution in [2.45, 2.75) is 25.4 Å². The van der Waals surface area contributed by atoms with E-state index in [2.05, 4.69) is 35.6 Å². The third-order valence-corrected chi connectivity index (χ3v) is 3.00. The van der Waals surface area contributed by atoms with Gasteiger partial charge >= 0.3 is 0 Å². The van der Waals surface area contributed by atoms with Crippen molar-refractivity contribution in [2.24, 2.45) is 0 Å². The van der Waals surface area contributed by atoms with Gasteiger partial charge in [-0.05, 0) is 26.9 Å². The molecule has 1 aliphatic heterocycles. The van der Waals surface area contributed by atoms with Gasteiger partial charge in [0.05, 0.1) is 18.4 Å². The van der Waals surface area contributed by atoms with Crippen LogP contribution in [0.15, 0.2) is 12.4 Å². The van der Waals surface area contributed by atoms with Crippen molar-refractivity contribution in [3.63, 3.8) is 0 Å². The molecule has 1 aromatic heterocycles. The lowest BCUT2D eigenvalue weighted by Gasteiger charge is -2.23. The van der Waals surface area contributed by atoms with E-state index in [4.69, 9.17) is 4.74 Å². The minimum Gasteiger partial charge on any atom is -0.381 e. The monoisotopic (exact) mass is 238 g/mol. The van der Waals surface area contributed by atoms with Crippen LogP contribution in [0, 0.1) is 0 Å². The van der Waals surface area contributed by atoms with Crippen LogP contribution in [0.1, 0.15) is 12.8 Å². The number of ether oxygens (including phenoxy) is 1. The van der Waals surface area contributed by atoms with Gasteiger partial charge in [-0.15, -0.1) is 0 Å². The summed E-state index contributed by atoms with van der Waals surface area (Å²) in [5, 5.41) is 7.86. The van der Waals surface area contributed by atoms with E-state index >= 15 is 0 Å². The maximum atomic E-state index is 5.34. The fourth-order valence-corrected chi connectivity index (χ4v) is 1.94. The summed E-state index contributed by atoms with van der Waals surface area (Å²) < 4.78 is 7.33. The molecule has 2 rings (SSSR count). The van der Waals surface area contributed by atoms with Crippen molar-refractivity contribution in [3.05, 3.63) is 12.4 Å². The molecular formula is C12H22N4O. The van der Waals surface area contributed by atoms with Crippen molar-refractivity contribution < 1.29 is 4.74 Å². The first kappa shape index (κ1) is 12.4. The van der Waals surface area contributed by atoms with Gasteiger partial charge in [0.1, 0.15) is 0 Å². The van der Waals surface area contributed by atoms with Crippen molar-refractivity contribution in [1.29, 1.82) is 0 Å². The number of hydrogen-bond acceptors (Lipinski definition) is 4. The number of aromatic nitrogens is 2. The molecular weight excluding hydrogens is 216 g/mol. The Balaban J connectivity index is 1.80. The summed E-state index contributed by atoms with van der Waals surface area (Å²) in [6.45, 7) is 3.68. The molecule has 0 aliphatic carbocycles. The van der Waals surface area contributed by atoms with Crippen LogP contribution in [-0.4, -0.2) is 54.6 Å². The molecule has 5 nitrogen and oxygen atoms in total. The molecule has 0 atom stereocenters. The average molecular weight is 238 g/mol. The number of nitrogens with zero attached hydrogens (tertiary/aromatic N) is 3. The lowest BCUT2D eigenvalue weighted by molar-refractivity contribution is 0.0904. The highest BCUT2D eigenvalue weighted by molar-refractivity contribution is 5.39. The van der Waals surface area contributed by atoms with Crippen LogP contribution < -0.4 is 5.32 Å². The summed E-state index contributed by atoms with van der Waals surface area (Å²) in [4.78, 5) is 2.16. The molecule has 2 heterocycles. The molecule has 0 unspecified atom stereocenters. The Morgan fingerprint density at radius 2 is 2.24 bits per heavy atom. The molecule has 17 heavy (non-hydrogen) atoms. The smallest absolute Gasteiger partial charge is 0.0728 e. The van der Waals surface area contributed by atoms with E-state index in [1.54, 1.807) is 0 Å². The van der Waals surface area contributed by atoms with Gasteiger partial charge in [0, 0.05) is 32.0 Å². The molecule has 0 amide bonds. The fraction of sp³-hybridized carbons (Fsp3) is 0.750. The molecule has 0 radical (unpaired) electrons. The average Bonchev–Trinajstić information content (AvgIpc) is 2.75. The van der Waals surface area contributed by atoms with Crippen LogP contribution >= 0.6 is 0 Å². The molecule has 1 saturated heterocycles. The summed E-state index contributed by atoms with van der Waals surface area (Å²) in [5.41, 5.74) is 1.12. The Kier molecular flexibility index (Phi) is 4.39. The van der Waals surface area contributed by atoms with Gasteiger partial charge in [-0.2, -0.15) is 5.10 Å². The quantitative estimate of drug-likeness (QED) is 0.832. The summed E-state index contributed by atoms with van der Waals surface area (Å²) in [6.07, 6.45) is 6.16. The van der Waals surface area contributed by atoms with Gasteiger partial charge in [-0.3, -0.25) is 4.68 Å². The van der Waals surface area contributed by atoms with E-state index in [0.29, 0.717) is 6.04 Å². The van der Waals surface area contributed by atoms with E-state index in [0.717, 1.165) is 44.8 Å².